The molecule has 1 atom stereocenters. The second-order valence-electron chi connectivity index (χ2n) is 9.14. The zero-order valence-corrected chi connectivity index (χ0v) is 20.6. The summed E-state index contributed by atoms with van der Waals surface area (Å²) in [6.45, 7) is 3.87. The van der Waals surface area contributed by atoms with Gasteiger partial charge < -0.3 is 19.3 Å². The highest BCUT2D eigenvalue weighted by Crippen LogP contribution is 2.44. The maximum Gasteiger partial charge on any atom is 0.294 e. The molecule has 1 N–H and O–H groups in total. The van der Waals surface area contributed by atoms with Gasteiger partial charge in [-0.3, -0.25) is 14.5 Å². The van der Waals surface area contributed by atoms with Crippen LogP contribution in [0.4, 0.5) is 11.4 Å². The van der Waals surface area contributed by atoms with Crippen molar-refractivity contribution in [2.45, 2.75) is 6.04 Å². The van der Waals surface area contributed by atoms with Crippen LogP contribution in [0.3, 0.4) is 0 Å². The number of likely N-dealkylation sites (N-methyl/N-ethyl adjacent to an activating group) is 1. The van der Waals surface area contributed by atoms with E-state index in [1.54, 1.807) is 12.1 Å². The fourth-order valence-corrected chi connectivity index (χ4v) is 5.76. The Hall–Kier alpha value is -3.88. The Balaban J connectivity index is 1.36. The van der Waals surface area contributed by atoms with E-state index in [1.165, 1.54) is 16.2 Å². The summed E-state index contributed by atoms with van der Waals surface area (Å²) < 4.78 is 5.79. The number of carbonyl (C=O) groups is 2. The van der Waals surface area contributed by atoms with E-state index in [2.05, 4.69) is 16.8 Å². The van der Waals surface area contributed by atoms with Crippen molar-refractivity contribution in [3.05, 3.63) is 94.1 Å². The molecule has 0 aliphatic carbocycles. The molecular formula is C28H25N3O4S. The summed E-state index contributed by atoms with van der Waals surface area (Å²) in [7, 11) is 2.12. The summed E-state index contributed by atoms with van der Waals surface area (Å²) in [5.74, 6) is -1.53. The van der Waals surface area contributed by atoms with E-state index in [0.717, 1.165) is 42.1 Å². The topological polar surface area (TPSA) is 77.2 Å². The minimum atomic E-state index is -0.743. The molecule has 0 radical (unpaired) electrons. The molecule has 6 rings (SSSR count). The SMILES string of the molecule is CN1CCN(c2ccc(N3C(=O)C(O)=C(C(=O)c4cc5ccccc5o4)C3c3cccs3)cc2)CC1. The number of para-hydroxylation sites is 1. The fourth-order valence-electron chi connectivity index (χ4n) is 4.93. The van der Waals surface area contributed by atoms with Gasteiger partial charge in [0.25, 0.3) is 5.91 Å². The minimum absolute atomic E-state index is 0.0321. The Labute approximate surface area is 212 Å². The summed E-state index contributed by atoms with van der Waals surface area (Å²) in [5, 5.41) is 13.6. The third-order valence-corrected chi connectivity index (χ3v) is 7.84. The van der Waals surface area contributed by atoms with Crippen LogP contribution in [-0.2, 0) is 4.79 Å². The van der Waals surface area contributed by atoms with E-state index in [-0.39, 0.29) is 11.3 Å². The fraction of sp³-hybridized carbons (Fsp3) is 0.214. The average molecular weight is 500 g/mol. The normalized spacial score (nSPS) is 19.0. The van der Waals surface area contributed by atoms with Gasteiger partial charge in [-0.2, -0.15) is 0 Å². The van der Waals surface area contributed by atoms with E-state index in [0.29, 0.717) is 11.3 Å². The second kappa shape index (κ2) is 8.96. The number of thiophene rings is 1. The molecule has 36 heavy (non-hydrogen) atoms. The molecule has 7 nitrogen and oxygen atoms in total. The first-order valence-electron chi connectivity index (χ1n) is 11.9. The number of amides is 1. The number of hydrogen-bond donors (Lipinski definition) is 1. The maximum atomic E-state index is 13.6. The highest BCUT2D eigenvalue weighted by Gasteiger charge is 2.45. The van der Waals surface area contributed by atoms with Crippen LogP contribution in [0.5, 0.6) is 0 Å². The molecule has 1 unspecified atom stereocenters. The molecule has 1 saturated heterocycles. The zero-order chi connectivity index (χ0) is 24.8. The van der Waals surface area contributed by atoms with Gasteiger partial charge in [0.1, 0.15) is 11.6 Å². The highest BCUT2D eigenvalue weighted by molar-refractivity contribution is 7.10. The smallest absolute Gasteiger partial charge is 0.294 e. The lowest BCUT2D eigenvalue weighted by Crippen LogP contribution is -2.44. The molecular weight excluding hydrogens is 474 g/mol. The van der Waals surface area contributed by atoms with Crippen molar-refractivity contribution in [2.75, 3.05) is 43.0 Å². The van der Waals surface area contributed by atoms with Gasteiger partial charge in [-0.1, -0.05) is 24.3 Å². The first-order valence-corrected chi connectivity index (χ1v) is 12.8. The Morgan fingerprint density at radius 2 is 1.69 bits per heavy atom. The van der Waals surface area contributed by atoms with Gasteiger partial charge in [0.15, 0.2) is 11.5 Å². The van der Waals surface area contributed by atoms with Crippen molar-refractivity contribution in [3.8, 4) is 0 Å². The van der Waals surface area contributed by atoms with E-state index < -0.39 is 23.5 Å². The number of ketones is 1. The summed E-state index contributed by atoms with van der Waals surface area (Å²) in [4.78, 5) is 33.9. The van der Waals surface area contributed by atoms with Crippen LogP contribution < -0.4 is 9.80 Å². The molecule has 4 heterocycles. The van der Waals surface area contributed by atoms with Crippen molar-refractivity contribution < 1.29 is 19.1 Å². The number of rotatable bonds is 5. The predicted octanol–water partition coefficient (Wildman–Crippen LogP) is 5.03. The molecule has 8 heteroatoms. The number of Topliss-reactive ketones (excluding diaryl/α,β-unsaturated/α-hetero) is 1. The second-order valence-corrected chi connectivity index (χ2v) is 10.1. The molecule has 0 saturated carbocycles. The van der Waals surface area contributed by atoms with Crippen molar-refractivity contribution in [1.29, 1.82) is 0 Å². The van der Waals surface area contributed by atoms with E-state index in [4.69, 9.17) is 4.42 Å². The van der Waals surface area contributed by atoms with Crippen molar-refractivity contribution in [2.24, 2.45) is 0 Å². The molecule has 1 amide bonds. The number of nitrogens with zero attached hydrogens (tertiary/aromatic N) is 3. The molecule has 2 aromatic heterocycles. The lowest BCUT2D eigenvalue weighted by atomic mass is 10.00. The molecule has 2 aromatic carbocycles. The molecule has 0 bridgehead atoms. The number of fused-ring (bicyclic) bond motifs is 1. The zero-order valence-electron chi connectivity index (χ0n) is 19.8. The molecule has 2 aliphatic heterocycles. The number of anilines is 2. The number of benzene rings is 2. The molecule has 4 aromatic rings. The molecule has 2 aliphatic rings. The van der Waals surface area contributed by atoms with Crippen LogP contribution in [0.2, 0.25) is 0 Å². The van der Waals surface area contributed by atoms with E-state index in [9.17, 15) is 14.7 Å². The third-order valence-electron chi connectivity index (χ3n) is 6.91. The van der Waals surface area contributed by atoms with Crippen molar-refractivity contribution in [1.82, 2.24) is 4.90 Å². The summed E-state index contributed by atoms with van der Waals surface area (Å²) >= 11 is 1.44. The Kier molecular flexibility index (Phi) is 5.62. The van der Waals surface area contributed by atoms with Crippen molar-refractivity contribution in [3.63, 3.8) is 0 Å². The van der Waals surface area contributed by atoms with Crippen LogP contribution in [0, 0.1) is 0 Å². The van der Waals surface area contributed by atoms with Crippen LogP contribution in [0.25, 0.3) is 11.0 Å². The summed E-state index contributed by atoms with van der Waals surface area (Å²) in [5.41, 5.74) is 2.32. The first-order chi connectivity index (χ1) is 17.5. The number of aliphatic hydroxyl groups excluding tert-OH is 1. The number of aliphatic hydroxyl groups is 1. The number of carbonyl (C=O) groups excluding carboxylic acids is 2. The molecule has 0 spiro atoms. The largest absolute Gasteiger partial charge is 0.503 e. The van der Waals surface area contributed by atoms with Gasteiger partial charge in [0, 0.05) is 47.8 Å². The highest BCUT2D eigenvalue weighted by atomic mass is 32.1. The Bertz CT molecular complexity index is 1430. The first kappa shape index (κ1) is 22.6. The van der Waals surface area contributed by atoms with Crippen LogP contribution in [0.15, 0.2) is 87.9 Å². The van der Waals surface area contributed by atoms with Crippen LogP contribution in [0.1, 0.15) is 21.5 Å². The Morgan fingerprint density at radius 1 is 0.972 bits per heavy atom. The van der Waals surface area contributed by atoms with Gasteiger partial charge in [-0.15, -0.1) is 11.3 Å². The summed E-state index contributed by atoms with van der Waals surface area (Å²) in [6.07, 6.45) is 0. The molecule has 182 valence electrons. The van der Waals surface area contributed by atoms with Gasteiger partial charge >= 0.3 is 0 Å². The number of furan rings is 1. The third kappa shape index (κ3) is 3.79. The minimum Gasteiger partial charge on any atom is -0.503 e. The van der Waals surface area contributed by atoms with Gasteiger partial charge in [-0.25, -0.2) is 0 Å². The van der Waals surface area contributed by atoms with Gasteiger partial charge in [-0.05, 0) is 54.9 Å². The van der Waals surface area contributed by atoms with E-state index in [1.807, 2.05) is 60.0 Å². The lowest BCUT2D eigenvalue weighted by molar-refractivity contribution is -0.117. The predicted molar refractivity (Wildman–Crippen MR) is 141 cm³/mol. The number of hydrogen-bond acceptors (Lipinski definition) is 7. The quantitative estimate of drug-likeness (QED) is 0.388. The monoisotopic (exact) mass is 499 g/mol. The number of piperazine rings is 1. The van der Waals surface area contributed by atoms with Crippen LogP contribution >= 0.6 is 11.3 Å². The van der Waals surface area contributed by atoms with Gasteiger partial charge in [0.2, 0.25) is 5.78 Å². The van der Waals surface area contributed by atoms with Crippen molar-refractivity contribution >= 4 is 45.4 Å². The summed E-state index contributed by atoms with van der Waals surface area (Å²) in [6, 6.07) is 19.7. The van der Waals surface area contributed by atoms with Crippen LogP contribution in [-0.4, -0.2) is 54.9 Å². The standard InChI is InChI=1S/C28H25N3O4S/c1-29-12-14-30(15-13-29)19-8-10-20(11-9-19)31-25(23-7-4-16-36-23)24(27(33)28(31)34)26(32)22-17-18-5-2-3-6-21(18)35-22/h2-11,16-17,25,33H,12-15H2,1H3. The molecule has 1 fully saturated rings. The van der Waals surface area contributed by atoms with E-state index >= 15 is 0 Å². The maximum absolute atomic E-state index is 13.6. The average Bonchev–Trinajstić information content (AvgIpc) is 3.63. The lowest BCUT2D eigenvalue weighted by Gasteiger charge is -2.34. The van der Waals surface area contributed by atoms with Gasteiger partial charge in [0.05, 0.1) is 5.57 Å². The Morgan fingerprint density at radius 3 is 2.39 bits per heavy atom.